The normalized spacial score (nSPS) is 10.6. The standard InChI is InChI=1S/C11H10ClIN2/c1-8-11(12)7-15(14-8)6-9-2-4-10(13)5-3-9/h2-5,7H,6H2,1H3. The number of rotatable bonds is 2. The lowest BCUT2D eigenvalue weighted by molar-refractivity contribution is 0.679. The van der Waals surface area contributed by atoms with E-state index in [-0.39, 0.29) is 0 Å². The average Bonchev–Trinajstić information content (AvgIpc) is 2.50. The van der Waals surface area contributed by atoms with Crippen LogP contribution in [-0.4, -0.2) is 9.78 Å². The Balaban J connectivity index is 2.18. The van der Waals surface area contributed by atoms with Crippen molar-refractivity contribution in [3.63, 3.8) is 0 Å². The summed E-state index contributed by atoms with van der Waals surface area (Å²) in [5.41, 5.74) is 2.11. The molecule has 4 heteroatoms. The van der Waals surface area contributed by atoms with E-state index in [0.717, 1.165) is 17.3 Å². The fraction of sp³-hybridized carbons (Fsp3) is 0.182. The second-order valence-corrected chi connectivity index (χ2v) is 5.04. The van der Waals surface area contributed by atoms with Crippen molar-refractivity contribution in [1.29, 1.82) is 0 Å². The molecule has 0 spiro atoms. The van der Waals surface area contributed by atoms with Gasteiger partial charge in [0.2, 0.25) is 0 Å². The molecule has 0 radical (unpaired) electrons. The molecule has 0 saturated carbocycles. The predicted molar refractivity (Wildman–Crippen MR) is 70.2 cm³/mol. The molecular formula is C11H10ClIN2. The fourth-order valence-corrected chi connectivity index (χ4v) is 1.86. The van der Waals surface area contributed by atoms with Crippen molar-refractivity contribution in [3.8, 4) is 0 Å². The summed E-state index contributed by atoms with van der Waals surface area (Å²) in [6, 6.07) is 8.39. The summed E-state index contributed by atoms with van der Waals surface area (Å²) in [4.78, 5) is 0. The molecule has 78 valence electrons. The molecule has 1 aromatic heterocycles. The number of aromatic nitrogens is 2. The lowest BCUT2D eigenvalue weighted by Gasteiger charge is -2.01. The lowest BCUT2D eigenvalue weighted by atomic mass is 10.2. The van der Waals surface area contributed by atoms with Crippen LogP contribution in [0.15, 0.2) is 30.5 Å². The lowest BCUT2D eigenvalue weighted by Crippen LogP contribution is -2.00. The van der Waals surface area contributed by atoms with Crippen LogP contribution in [-0.2, 0) is 6.54 Å². The van der Waals surface area contributed by atoms with Crippen LogP contribution in [0.4, 0.5) is 0 Å². The van der Waals surface area contributed by atoms with Gasteiger partial charge in [-0.15, -0.1) is 0 Å². The molecule has 0 fully saturated rings. The minimum Gasteiger partial charge on any atom is -0.267 e. The topological polar surface area (TPSA) is 17.8 Å². The van der Waals surface area contributed by atoms with E-state index in [4.69, 9.17) is 11.6 Å². The summed E-state index contributed by atoms with van der Waals surface area (Å²) in [6.45, 7) is 2.68. The summed E-state index contributed by atoms with van der Waals surface area (Å²) in [5.74, 6) is 0. The molecule has 0 saturated heterocycles. The van der Waals surface area contributed by atoms with E-state index < -0.39 is 0 Å². The third-order valence-electron chi connectivity index (χ3n) is 2.14. The minimum atomic E-state index is 0.723. The molecular weight excluding hydrogens is 322 g/mol. The zero-order chi connectivity index (χ0) is 10.8. The van der Waals surface area contributed by atoms with E-state index in [1.807, 2.05) is 17.8 Å². The van der Waals surface area contributed by atoms with Crippen LogP contribution >= 0.6 is 34.2 Å². The molecule has 15 heavy (non-hydrogen) atoms. The van der Waals surface area contributed by atoms with Crippen molar-refractivity contribution in [2.75, 3.05) is 0 Å². The Labute approximate surface area is 107 Å². The smallest absolute Gasteiger partial charge is 0.0815 e. The first-order valence-electron chi connectivity index (χ1n) is 4.59. The van der Waals surface area contributed by atoms with Gasteiger partial charge in [0.05, 0.1) is 17.3 Å². The second kappa shape index (κ2) is 4.53. The zero-order valence-corrected chi connectivity index (χ0v) is 11.2. The molecule has 0 amide bonds. The van der Waals surface area contributed by atoms with Crippen molar-refractivity contribution in [2.24, 2.45) is 0 Å². The van der Waals surface area contributed by atoms with Crippen molar-refractivity contribution in [2.45, 2.75) is 13.5 Å². The van der Waals surface area contributed by atoms with E-state index in [0.29, 0.717) is 0 Å². The van der Waals surface area contributed by atoms with Gasteiger partial charge < -0.3 is 0 Å². The molecule has 2 nitrogen and oxygen atoms in total. The Hall–Kier alpha value is -0.550. The van der Waals surface area contributed by atoms with Crippen molar-refractivity contribution >= 4 is 34.2 Å². The van der Waals surface area contributed by atoms with E-state index >= 15 is 0 Å². The Kier molecular flexibility index (Phi) is 3.31. The molecule has 0 aliphatic heterocycles. The van der Waals surface area contributed by atoms with Gasteiger partial charge in [0, 0.05) is 9.77 Å². The first-order valence-corrected chi connectivity index (χ1v) is 6.05. The number of hydrogen-bond donors (Lipinski definition) is 0. The molecule has 0 N–H and O–H groups in total. The van der Waals surface area contributed by atoms with Crippen LogP contribution in [0.2, 0.25) is 5.02 Å². The quantitative estimate of drug-likeness (QED) is 0.770. The maximum absolute atomic E-state index is 5.94. The molecule has 0 bridgehead atoms. The fourth-order valence-electron chi connectivity index (χ4n) is 1.35. The summed E-state index contributed by atoms with van der Waals surface area (Å²) in [7, 11) is 0. The van der Waals surface area contributed by atoms with Gasteiger partial charge in [0.25, 0.3) is 0 Å². The van der Waals surface area contributed by atoms with Gasteiger partial charge in [-0.2, -0.15) is 5.10 Å². The number of aryl methyl sites for hydroxylation is 1. The summed E-state index contributed by atoms with van der Waals surface area (Å²) >= 11 is 8.23. The largest absolute Gasteiger partial charge is 0.267 e. The Morgan fingerprint density at radius 2 is 2.00 bits per heavy atom. The Bertz CT molecular complexity index is 442. The highest BCUT2D eigenvalue weighted by Gasteiger charge is 2.02. The van der Waals surface area contributed by atoms with Crippen LogP contribution in [0.3, 0.4) is 0 Å². The van der Waals surface area contributed by atoms with E-state index in [1.54, 1.807) is 0 Å². The van der Waals surface area contributed by atoms with E-state index in [9.17, 15) is 0 Å². The van der Waals surface area contributed by atoms with Crippen molar-refractivity contribution < 1.29 is 0 Å². The first-order chi connectivity index (χ1) is 7.15. The summed E-state index contributed by atoms with van der Waals surface area (Å²) in [6.07, 6.45) is 1.86. The molecule has 2 rings (SSSR count). The van der Waals surface area contributed by atoms with Gasteiger partial charge in [-0.05, 0) is 47.2 Å². The SMILES string of the molecule is Cc1nn(Cc2ccc(I)cc2)cc1Cl. The Morgan fingerprint density at radius 1 is 1.33 bits per heavy atom. The third kappa shape index (κ3) is 2.72. The molecule has 0 aliphatic carbocycles. The monoisotopic (exact) mass is 332 g/mol. The van der Waals surface area contributed by atoms with Crippen LogP contribution in [0.5, 0.6) is 0 Å². The van der Waals surface area contributed by atoms with Gasteiger partial charge in [0.15, 0.2) is 0 Å². The van der Waals surface area contributed by atoms with Crippen LogP contribution in [0.1, 0.15) is 11.3 Å². The second-order valence-electron chi connectivity index (χ2n) is 3.39. The average molecular weight is 333 g/mol. The molecule has 0 unspecified atom stereocenters. The van der Waals surface area contributed by atoms with E-state index in [2.05, 4.69) is 52.0 Å². The van der Waals surface area contributed by atoms with Gasteiger partial charge in [-0.1, -0.05) is 23.7 Å². The highest BCUT2D eigenvalue weighted by molar-refractivity contribution is 14.1. The van der Waals surface area contributed by atoms with Crippen molar-refractivity contribution in [3.05, 3.63) is 50.3 Å². The van der Waals surface area contributed by atoms with Crippen LogP contribution < -0.4 is 0 Å². The summed E-state index contributed by atoms with van der Waals surface area (Å²) < 4.78 is 3.10. The molecule has 2 aromatic rings. The number of benzene rings is 1. The Morgan fingerprint density at radius 3 is 2.53 bits per heavy atom. The van der Waals surface area contributed by atoms with Gasteiger partial charge in [0.1, 0.15) is 0 Å². The number of hydrogen-bond acceptors (Lipinski definition) is 1. The van der Waals surface area contributed by atoms with Crippen LogP contribution in [0, 0.1) is 10.5 Å². The van der Waals surface area contributed by atoms with Gasteiger partial charge in [-0.3, -0.25) is 4.68 Å². The van der Waals surface area contributed by atoms with E-state index in [1.165, 1.54) is 9.13 Å². The third-order valence-corrected chi connectivity index (χ3v) is 3.23. The van der Waals surface area contributed by atoms with Crippen LogP contribution in [0.25, 0.3) is 0 Å². The van der Waals surface area contributed by atoms with Gasteiger partial charge >= 0.3 is 0 Å². The minimum absolute atomic E-state index is 0.723. The molecule has 1 heterocycles. The zero-order valence-electron chi connectivity index (χ0n) is 8.24. The summed E-state index contributed by atoms with van der Waals surface area (Å²) in [5, 5.41) is 5.03. The highest BCUT2D eigenvalue weighted by Crippen LogP contribution is 2.14. The number of nitrogens with zero attached hydrogens (tertiary/aromatic N) is 2. The molecule has 1 aromatic carbocycles. The van der Waals surface area contributed by atoms with Gasteiger partial charge in [-0.25, -0.2) is 0 Å². The predicted octanol–water partition coefficient (Wildman–Crippen LogP) is 3.50. The highest BCUT2D eigenvalue weighted by atomic mass is 127. The maximum atomic E-state index is 5.94. The first kappa shape index (κ1) is 11.0. The number of halogens is 2. The molecule has 0 aliphatic rings. The van der Waals surface area contributed by atoms with Crippen molar-refractivity contribution in [1.82, 2.24) is 9.78 Å². The molecule has 0 atom stereocenters. The maximum Gasteiger partial charge on any atom is 0.0815 e.